The number of benzene rings is 2. The number of hydrogen-bond donors (Lipinski definition) is 2. The fraction of sp³-hybridized carbons (Fsp3) is 0.190. The summed E-state index contributed by atoms with van der Waals surface area (Å²) in [5.41, 5.74) is 4.00. The molecule has 28 heavy (non-hydrogen) atoms. The second-order valence-electron chi connectivity index (χ2n) is 6.69. The van der Waals surface area contributed by atoms with E-state index < -0.39 is 0 Å². The van der Waals surface area contributed by atoms with Crippen LogP contribution in [0, 0.1) is 6.92 Å². The van der Waals surface area contributed by atoms with Gasteiger partial charge in [-0.25, -0.2) is 4.98 Å². The second-order valence-corrected chi connectivity index (χ2v) is 8.53. The molecule has 0 saturated carbocycles. The minimum atomic E-state index is -0.301. The summed E-state index contributed by atoms with van der Waals surface area (Å²) in [4.78, 5) is 16.5. The molecule has 3 aromatic rings. The first-order valence-corrected chi connectivity index (χ1v) is 10.4. The summed E-state index contributed by atoms with van der Waals surface area (Å²) in [6.45, 7) is 6.24. The topological polar surface area (TPSA) is 54.0 Å². The minimum Gasteiger partial charge on any atom is -0.308 e. The number of anilines is 1. The fourth-order valence-corrected chi connectivity index (χ4v) is 3.92. The van der Waals surface area contributed by atoms with Crippen LogP contribution in [0.25, 0.3) is 16.3 Å². The third-order valence-electron chi connectivity index (χ3n) is 4.16. The SMILES string of the molecule is Cc1cc2sc(NC(=S)NC(=O)C=Cc3ccc(C(C)C)cc3)nc2cc1Cl. The number of fused-ring (bicyclic) bond motifs is 1. The van der Waals surface area contributed by atoms with E-state index in [-0.39, 0.29) is 11.0 Å². The Balaban J connectivity index is 1.59. The average molecular weight is 430 g/mol. The second kappa shape index (κ2) is 8.82. The van der Waals surface area contributed by atoms with Gasteiger partial charge in [-0.1, -0.05) is 61.1 Å². The number of hydrogen-bond acceptors (Lipinski definition) is 4. The summed E-state index contributed by atoms with van der Waals surface area (Å²) >= 11 is 12.8. The Labute approximate surface area is 178 Å². The van der Waals surface area contributed by atoms with Crippen LogP contribution in [0.15, 0.2) is 42.5 Å². The minimum absolute atomic E-state index is 0.201. The Kier molecular flexibility index (Phi) is 6.44. The first-order chi connectivity index (χ1) is 13.3. The van der Waals surface area contributed by atoms with Crippen molar-refractivity contribution in [2.75, 3.05) is 5.32 Å². The highest BCUT2D eigenvalue weighted by Crippen LogP contribution is 2.30. The predicted molar refractivity (Wildman–Crippen MR) is 123 cm³/mol. The van der Waals surface area contributed by atoms with E-state index in [1.54, 1.807) is 6.08 Å². The van der Waals surface area contributed by atoms with E-state index in [2.05, 4.69) is 41.6 Å². The summed E-state index contributed by atoms with van der Waals surface area (Å²) in [6, 6.07) is 11.9. The van der Waals surface area contributed by atoms with Crippen molar-refractivity contribution in [3.8, 4) is 0 Å². The monoisotopic (exact) mass is 429 g/mol. The number of amides is 1. The van der Waals surface area contributed by atoms with E-state index >= 15 is 0 Å². The number of thiocarbonyl (C=S) groups is 1. The van der Waals surface area contributed by atoms with Crippen LogP contribution in [0.4, 0.5) is 5.13 Å². The number of thiazole rings is 1. The normalized spacial score (nSPS) is 11.3. The van der Waals surface area contributed by atoms with Crippen LogP contribution >= 0.6 is 35.2 Å². The molecule has 2 aromatic carbocycles. The number of nitrogens with zero attached hydrogens (tertiary/aromatic N) is 1. The van der Waals surface area contributed by atoms with E-state index in [0.717, 1.165) is 21.3 Å². The summed E-state index contributed by atoms with van der Waals surface area (Å²) in [5.74, 6) is 0.178. The van der Waals surface area contributed by atoms with Gasteiger partial charge in [0.2, 0.25) is 5.91 Å². The van der Waals surface area contributed by atoms with Crippen molar-refractivity contribution >= 4 is 67.6 Å². The Morgan fingerprint density at radius 2 is 1.96 bits per heavy atom. The van der Waals surface area contributed by atoms with Gasteiger partial charge < -0.3 is 5.32 Å². The number of carbonyl (C=O) groups is 1. The first-order valence-electron chi connectivity index (χ1n) is 8.78. The van der Waals surface area contributed by atoms with Gasteiger partial charge in [-0.15, -0.1) is 0 Å². The molecule has 1 amide bonds. The standard InChI is InChI=1S/C21H20ClN3OS2/c1-12(2)15-7-4-14(5-8-15)6-9-19(26)24-20(27)25-21-23-17-11-16(22)13(3)10-18(17)28-21/h4-12H,1-3H3,(H2,23,24,25,26,27). The van der Waals surface area contributed by atoms with Crippen molar-refractivity contribution in [3.05, 3.63) is 64.2 Å². The van der Waals surface area contributed by atoms with Crippen LogP contribution in [0.3, 0.4) is 0 Å². The molecule has 1 heterocycles. The molecule has 0 aliphatic rings. The van der Waals surface area contributed by atoms with Gasteiger partial charge in [0.15, 0.2) is 10.2 Å². The van der Waals surface area contributed by atoms with E-state index in [9.17, 15) is 4.79 Å². The van der Waals surface area contributed by atoms with Crippen LogP contribution in [0.1, 0.15) is 36.5 Å². The van der Waals surface area contributed by atoms with Gasteiger partial charge in [0.1, 0.15) is 0 Å². The lowest BCUT2D eigenvalue weighted by Gasteiger charge is -2.05. The summed E-state index contributed by atoms with van der Waals surface area (Å²) in [7, 11) is 0. The highest BCUT2D eigenvalue weighted by molar-refractivity contribution is 7.80. The maximum Gasteiger partial charge on any atom is 0.250 e. The van der Waals surface area contributed by atoms with Crippen molar-refractivity contribution in [2.45, 2.75) is 26.7 Å². The lowest BCUT2D eigenvalue weighted by atomic mass is 10.0. The van der Waals surface area contributed by atoms with Crippen molar-refractivity contribution in [3.63, 3.8) is 0 Å². The molecule has 144 valence electrons. The van der Waals surface area contributed by atoms with Crippen LogP contribution in [0.5, 0.6) is 0 Å². The molecule has 0 spiro atoms. The van der Waals surface area contributed by atoms with Crippen LogP contribution in [-0.4, -0.2) is 16.0 Å². The van der Waals surface area contributed by atoms with Crippen LogP contribution in [-0.2, 0) is 4.79 Å². The Bertz CT molecular complexity index is 1020. The molecular formula is C21H20ClN3OS2. The molecule has 0 atom stereocenters. The van der Waals surface area contributed by atoms with E-state index in [1.165, 1.54) is 23.0 Å². The zero-order chi connectivity index (χ0) is 20.3. The number of carbonyl (C=O) groups excluding carboxylic acids is 1. The molecule has 0 unspecified atom stereocenters. The zero-order valence-electron chi connectivity index (χ0n) is 15.7. The molecule has 2 N–H and O–H groups in total. The molecule has 0 fully saturated rings. The zero-order valence-corrected chi connectivity index (χ0v) is 18.1. The smallest absolute Gasteiger partial charge is 0.250 e. The molecular weight excluding hydrogens is 410 g/mol. The van der Waals surface area contributed by atoms with Gasteiger partial charge in [0.05, 0.1) is 10.2 Å². The van der Waals surface area contributed by atoms with E-state index in [4.69, 9.17) is 23.8 Å². The molecule has 0 saturated heterocycles. The average Bonchev–Trinajstić information content (AvgIpc) is 3.01. The van der Waals surface area contributed by atoms with Gasteiger partial charge >= 0.3 is 0 Å². The molecule has 7 heteroatoms. The Morgan fingerprint density at radius 3 is 2.64 bits per heavy atom. The fourth-order valence-electron chi connectivity index (χ4n) is 2.55. The third kappa shape index (κ3) is 5.16. The van der Waals surface area contributed by atoms with Crippen LogP contribution < -0.4 is 10.6 Å². The lowest BCUT2D eigenvalue weighted by Crippen LogP contribution is -2.32. The summed E-state index contributed by atoms with van der Waals surface area (Å²) < 4.78 is 1.00. The number of aromatic nitrogens is 1. The lowest BCUT2D eigenvalue weighted by molar-refractivity contribution is -0.115. The van der Waals surface area contributed by atoms with Gasteiger partial charge in [0, 0.05) is 11.1 Å². The number of aryl methyl sites for hydroxylation is 1. The van der Waals surface area contributed by atoms with Crippen molar-refractivity contribution < 1.29 is 4.79 Å². The van der Waals surface area contributed by atoms with Crippen LogP contribution in [0.2, 0.25) is 5.02 Å². The molecule has 1 aromatic heterocycles. The van der Waals surface area contributed by atoms with Gasteiger partial charge in [-0.05, 0) is 60.0 Å². The number of rotatable bonds is 4. The Morgan fingerprint density at radius 1 is 1.25 bits per heavy atom. The largest absolute Gasteiger partial charge is 0.308 e. The van der Waals surface area contributed by atoms with E-state index in [1.807, 2.05) is 31.2 Å². The maximum atomic E-state index is 12.1. The van der Waals surface area contributed by atoms with Crippen molar-refractivity contribution in [1.29, 1.82) is 0 Å². The molecule has 0 aliphatic heterocycles. The maximum absolute atomic E-state index is 12.1. The van der Waals surface area contributed by atoms with Gasteiger partial charge in [-0.2, -0.15) is 0 Å². The molecule has 0 radical (unpaired) electrons. The van der Waals surface area contributed by atoms with Crippen molar-refractivity contribution in [2.24, 2.45) is 0 Å². The molecule has 4 nitrogen and oxygen atoms in total. The highest BCUT2D eigenvalue weighted by atomic mass is 35.5. The quantitative estimate of drug-likeness (QED) is 0.400. The van der Waals surface area contributed by atoms with Gasteiger partial charge in [0.25, 0.3) is 0 Å². The molecule has 0 bridgehead atoms. The Hall–Kier alpha value is -2.28. The summed E-state index contributed by atoms with van der Waals surface area (Å²) in [5, 5.41) is 7.06. The number of nitrogens with one attached hydrogen (secondary N) is 2. The predicted octanol–water partition coefficient (Wildman–Crippen LogP) is 5.91. The van der Waals surface area contributed by atoms with E-state index in [0.29, 0.717) is 16.1 Å². The molecule has 3 rings (SSSR count). The number of halogens is 1. The first kappa shape index (κ1) is 20.5. The summed E-state index contributed by atoms with van der Waals surface area (Å²) in [6.07, 6.45) is 3.21. The van der Waals surface area contributed by atoms with Gasteiger partial charge in [-0.3, -0.25) is 10.1 Å². The van der Waals surface area contributed by atoms with Crippen molar-refractivity contribution in [1.82, 2.24) is 10.3 Å². The highest BCUT2D eigenvalue weighted by Gasteiger charge is 2.09. The molecule has 0 aliphatic carbocycles. The third-order valence-corrected chi connectivity index (χ3v) is 5.70.